The number of nitrogens with zero attached hydrogens (tertiary/aromatic N) is 4. The average Bonchev–Trinajstić information content (AvgIpc) is 3.83. The molecule has 12 rings (SSSR count). The summed E-state index contributed by atoms with van der Waals surface area (Å²) in [7, 11) is 0. The zero-order chi connectivity index (χ0) is 36.7. The van der Waals surface area contributed by atoms with Gasteiger partial charge in [0.1, 0.15) is 11.2 Å². The lowest BCUT2D eigenvalue weighted by Gasteiger charge is -2.13. The van der Waals surface area contributed by atoms with Crippen molar-refractivity contribution in [3.8, 4) is 39.9 Å². The fraction of sp³-hybridized carbons (Fsp3) is 0. The molecule has 0 bridgehead atoms. The van der Waals surface area contributed by atoms with Gasteiger partial charge in [-0.05, 0) is 68.4 Å². The van der Waals surface area contributed by atoms with Crippen LogP contribution < -0.4 is 0 Å². The summed E-state index contributed by atoms with van der Waals surface area (Å²) in [5, 5.41) is 11.3. The van der Waals surface area contributed by atoms with E-state index in [-0.39, 0.29) is 0 Å². The minimum atomic E-state index is 0.553. The summed E-state index contributed by atoms with van der Waals surface area (Å²) in [5.74, 6) is 1.72. The molecule has 3 aromatic heterocycles. The van der Waals surface area contributed by atoms with Crippen LogP contribution >= 0.6 is 0 Å². The second-order valence-electron chi connectivity index (χ2n) is 14.4. The van der Waals surface area contributed by atoms with Crippen LogP contribution in [0.1, 0.15) is 0 Å². The van der Waals surface area contributed by atoms with Crippen LogP contribution in [0.2, 0.25) is 0 Å². The molecule has 0 aliphatic rings. The van der Waals surface area contributed by atoms with Crippen LogP contribution in [0.3, 0.4) is 0 Å². The number of furan rings is 1. The lowest BCUT2D eigenvalue weighted by Crippen LogP contribution is -2.06. The van der Waals surface area contributed by atoms with Crippen LogP contribution in [0.15, 0.2) is 186 Å². The molecular weight excluding hydrogens is 685 g/mol. The van der Waals surface area contributed by atoms with Crippen molar-refractivity contribution in [3.05, 3.63) is 182 Å². The quantitative estimate of drug-likeness (QED) is 0.182. The third kappa shape index (κ3) is 4.58. The van der Waals surface area contributed by atoms with E-state index >= 15 is 0 Å². The van der Waals surface area contributed by atoms with Gasteiger partial charge in [-0.2, -0.15) is 9.97 Å². The number of rotatable bonds is 4. The molecule has 5 nitrogen and oxygen atoms in total. The van der Waals surface area contributed by atoms with Gasteiger partial charge in [-0.15, -0.1) is 0 Å². The van der Waals surface area contributed by atoms with Gasteiger partial charge in [-0.25, -0.2) is 4.98 Å². The number of benzene rings is 9. The summed E-state index contributed by atoms with van der Waals surface area (Å²) >= 11 is 0. The van der Waals surface area contributed by atoms with Crippen molar-refractivity contribution >= 4 is 76.1 Å². The molecule has 0 aliphatic carbocycles. The highest BCUT2D eigenvalue weighted by Gasteiger charge is 2.22. The van der Waals surface area contributed by atoms with Crippen molar-refractivity contribution < 1.29 is 4.42 Å². The molecule has 0 unspecified atom stereocenters. The van der Waals surface area contributed by atoms with E-state index in [1.54, 1.807) is 0 Å². The maximum absolute atomic E-state index is 6.62. The van der Waals surface area contributed by atoms with Gasteiger partial charge < -0.3 is 4.42 Å². The number of hydrogen-bond acceptors (Lipinski definition) is 4. The second-order valence-corrected chi connectivity index (χ2v) is 14.4. The van der Waals surface area contributed by atoms with Gasteiger partial charge in [0, 0.05) is 38.1 Å². The van der Waals surface area contributed by atoms with Crippen LogP contribution in [0.4, 0.5) is 0 Å². The molecule has 0 spiro atoms. The van der Waals surface area contributed by atoms with Gasteiger partial charge in [-0.1, -0.05) is 152 Å². The Labute approximate surface area is 320 Å². The van der Waals surface area contributed by atoms with E-state index in [1.807, 2.05) is 12.1 Å². The van der Waals surface area contributed by atoms with Gasteiger partial charge in [0.2, 0.25) is 5.95 Å². The Balaban J connectivity index is 1.16. The zero-order valence-electron chi connectivity index (χ0n) is 30.0. The lowest BCUT2D eigenvalue weighted by molar-refractivity contribution is 0.672. The predicted octanol–water partition coefficient (Wildman–Crippen LogP) is 13.3. The standard InChI is InChI=1S/C51H30N4O/c1-4-18-36-31(12-1)15-10-22-37(36)34-16-9-17-35(30-34)49-52-50(42-23-11-25-45-47(42)41-28-26-33-14-3-6-20-39(33)48(41)56-45)54-51(53-49)55-43-24-8-7-21-40(43)46-38-19-5-2-13-32(38)27-29-44(46)55/h1-30H. The van der Waals surface area contributed by atoms with Crippen molar-refractivity contribution in [1.29, 1.82) is 0 Å². The molecule has 56 heavy (non-hydrogen) atoms. The highest BCUT2D eigenvalue weighted by molar-refractivity contribution is 6.21. The fourth-order valence-electron chi connectivity index (χ4n) is 8.71. The van der Waals surface area contributed by atoms with Crippen molar-refractivity contribution in [1.82, 2.24) is 19.5 Å². The summed E-state index contributed by atoms with van der Waals surface area (Å²) < 4.78 is 8.82. The van der Waals surface area contributed by atoms with Crippen LogP contribution in [-0.4, -0.2) is 19.5 Å². The van der Waals surface area contributed by atoms with Gasteiger partial charge in [0.05, 0.1) is 11.0 Å². The number of fused-ring (bicyclic) bond motifs is 11. The number of para-hydroxylation sites is 1. The van der Waals surface area contributed by atoms with Gasteiger partial charge >= 0.3 is 0 Å². The van der Waals surface area contributed by atoms with Crippen LogP contribution in [-0.2, 0) is 0 Å². The fourth-order valence-corrected chi connectivity index (χ4v) is 8.71. The minimum absolute atomic E-state index is 0.553. The molecule has 0 aliphatic heterocycles. The number of hydrogen-bond donors (Lipinski definition) is 0. The van der Waals surface area contributed by atoms with E-state index in [4.69, 9.17) is 19.4 Å². The summed E-state index contributed by atoms with van der Waals surface area (Å²) in [6, 6.07) is 63.8. The Morgan fingerprint density at radius 1 is 0.375 bits per heavy atom. The molecule has 0 saturated heterocycles. The summed E-state index contributed by atoms with van der Waals surface area (Å²) in [6.07, 6.45) is 0. The normalized spacial score (nSPS) is 11.9. The van der Waals surface area contributed by atoms with E-state index in [0.29, 0.717) is 17.6 Å². The van der Waals surface area contributed by atoms with Crippen molar-refractivity contribution in [3.63, 3.8) is 0 Å². The van der Waals surface area contributed by atoms with E-state index in [0.717, 1.165) is 71.4 Å². The van der Waals surface area contributed by atoms with E-state index in [9.17, 15) is 0 Å². The number of aromatic nitrogens is 4. The van der Waals surface area contributed by atoms with E-state index in [2.05, 4.69) is 174 Å². The van der Waals surface area contributed by atoms with E-state index < -0.39 is 0 Å². The summed E-state index contributed by atoms with van der Waals surface area (Å²) in [6.45, 7) is 0. The predicted molar refractivity (Wildman–Crippen MR) is 230 cm³/mol. The van der Waals surface area contributed by atoms with Crippen LogP contribution in [0, 0.1) is 0 Å². The Morgan fingerprint density at radius 2 is 1.00 bits per heavy atom. The first-order valence-corrected chi connectivity index (χ1v) is 18.9. The first kappa shape index (κ1) is 30.8. The Kier molecular flexibility index (Phi) is 6.56. The highest BCUT2D eigenvalue weighted by atomic mass is 16.3. The topological polar surface area (TPSA) is 56.7 Å². The third-order valence-electron chi connectivity index (χ3n) is 11.2. The molecule has 0 N–H and O–H groups in total. The highest BCUT2D eigenvalue weighted by Crippen LogP contribution is 2.41. The SMILES string of the molecule is c1cc(-c2nc(-c3cccc4oc5c6ccccc6ccc5c34)nc(-n3c4ccccc4c4c5ccccc5ccc43)n2)cc(-c2cccc3ccccc23)c1. The Hall–Kier alpha value is -7.63. The third-order valence-corrected chi connectivity index (χ3v) is 11.2. The molecule has 9 aromatic carbocycles. The second kappa shape index (κ2) is 11.9. The van der Waals surface area contributed by atoms with Gasteiger partial charge in [0.15, 0.2) is 11.6 Å². The van der Waals surface area contributed by atoms with Gasteiger partial charge in [0.25, 0.3) is 0 Å². The van der Waals surface area contributed by atoms with Crippen molar-refractivity contribution in [2.75, 3.05) is 0 Å². The average molecular weight is 715 g/mol. The van der Waals surface area contributed by atoms with Crippen molar-refractivity contribution in [2.24, 2.45) is 0 Å². The van der Waals surface area contributed by atoms with Crippen LogP contribution in [0.25, 0.3) is 116 Å². The Morgan fingerprint density at radius 3 is 1.88 bits per heavy atom. The maximum Gasteiger partial charge on any atom is 0.238 e. The lowest BCUT2D eigenvalue weighted by atomic mass is 9.97. The minimum Gasteiger partial charge on any atom is -0.455 e. The molecule has 0 fully saturated rings. The maximum atomic E-state index is 6.62. The molecule has 0 atom stereocenters. The summed E-state index contributed by atoms with van der Waals surface area (Å²) in [5.41, 5.74) is 7.77. The molecular formula is C51H30N4O. The molecule has 3 heterocycles. The first-order chi connectivity index (χ1) is 27.8. The molecule has 12 aromatic rings. The Bertz CT molecular complexity index is 3550. The smallest absolute Gasteiger partial charge is 0.238 e. The molecule has 260 valence electrons. The van der Waals surface area contributed by atoms with Crippen molar-refractivity contribution in [2.45, 2.75) is 0 Å². The largest absolute Gasteiger partial charge is 0.455 e. The molecule has 0 amide bonds. The van der Waals surface area contributed by atoms with Crippen LogP contribution in [0.5, 0.6) is 0 Å². The van der Waals surface area contributed by atoms with E-state index in [1.165, 1.54) is 26.9 Å². The first-order valence-electron chi connectivity index (χ1n) is 18.9. The summed E-state index contributed by atoms with van der Waals surface area (Å²) in [4.78, 5) is 16.0. The van der Waals surface area contributed by atoms with Gasteiger partial charge in [-0.3, -0.25) is 4.57 Å². The molecule has 5 heteroatoms. The molecule has 0 radical (unpaired) electrons. The monoisotopic (exact) mass is 714 g/mol. The zero-order valence-corrected chi connectivity index (χ0v) is 30.0. The molecule has 0 saturated carbocycles.